The van der Waals surface area contributed by atoms with Crippen molar-refractivity contribution in [2.45, 2.75) is 19.5 Å². The van der Waals surface area contributed by atoms with E-state index in [1.165, 1.54) is 12.1 Å². The summed E-state index contributed by atoms with van der Waals surface area (Å²) >= 11 is 0. The lowest BCUT2D eigenvalue weighted by Crippen LogP contribution is -2.48. The van der Waals surface area contributed by atoms with Crippen LogP contribution < -0.4 is 5.32 Å². The van der Waals surface area contributed by atoms with Crippen LogP contribution in [0.3, 0.4) is 0 Å². The van der Waals surface area contributed by atoms with Crippen LogP contribution in [0.15, 0.2) is 28.7 Å². The Labute approximate surface area is 118 Å². The number of piperazine rings is 1. The largest absolute Gasteiger partial charge is 0.460 e. The molecule has 1 aliphatic rings. The summed E-state index contributed by atoms with van der Waals surface area (Å²) in [6.07, 6.45) is 0. The zero-order valence-corrected chi connectivity index (χ0v) is 11.7. The van der Waals surface area contributed by atoms with Gasteiger partial charge in [0, 0.05) is 31.1 Å². The van der Waals surface area contributed by atoms with Crippen molar-refractivity contribution in [3.05, 3.63) is 35.8 Å². The molecule has 0 radical (unpaired) electrons. The summed E-state index contributed by atoms with van der Waals surface area (Å²) in [7, 11) is 0. The quantitative estimate of drug-likeness (QED) is 0.919. The minimum Gasteiger partial charge on any atom is -0.460 e. The first-order valence-corrected chi connectivity index (χ1v) is 6.34. The van der Waals surface area contributed by atoms with Gasteiger partial charge >= 0.3 is 0 Å². The summed E-state index contributed by atoms with van der Waals surface area (Å²) in [6.45, 7) is 6.03. The molecule has 19 heavy (non-hydrogen) atoms. The molecule has 0 aliphatic carbocycles. The Kier molecular flexibility index (Phi) is 4.45. The van der Waals surface area contributed by atoms with E-state index in [1.807, 2.05) is 6.07 Å². The molecule has 1 aromatic heterocycles. The van der Waals surface area contributed by atoms with Gasteiger partial charge in [0.1, 0.15) is 17.2 Å². The van der Waals surface area contributed by atoms with E-state index in [-0.39, 0.29) is 18.2 Å². The van der Waals surface area contributed by atoms with Crippen molar-refractivity contribution in [2.24, 2.45) is 0 Å². The summed E-state index contributed by atoms with van der Waals surface area (Å²) in [5.41, 5.74) is 0.759. The van der Waals surface area contributed by atoms with Crippen LogP contribution in [0.1, 0.15) is 12.7 Å². The maximum Gasteiger partial charge on any atom is 0.134 e. The summed E-state index contributed by atoms with van der Waals surface area (Å²) in [6, 6.07) is 7.09. The topological polar surface area (TPSA) is 28.4 Å². The Balaban J connectivity index is 0.00000133. The van der Waals surface area contributed by atoms with Gasteiger partial charge in [-0.2, -0.15) is 0 Å². The minimum atomic E-state index is -0.217. The third-order valence-electron chi connectivity index (χ3n) is 3.36. The third kappa shape index (κ3) is 3.26. The van der Waals surface area contributed by atoms with Gasteiger partial charge in [0.15, 0.2) is 0 Å². The molecule has 104 valence electrons. The molecule has 1 fully saturated rings. The second-order valence-corrected chi connectivity index (χ2v) is 4.99. The molecule has 0 amide bonds. The third-order valence-corrected chi connectivity index (χ3v) is 3.36. The van der Waals surface area contributed by atoms with Crippen LogP contribution in [-0.2, 0) is 6.54 Å². The Hall–Kier alpha value is -1.10. The molecular formula is C14H18ClFN2O. The fourth-order valence-electron chi connectivity index (χ4n) is 2.52. The van der Waals surface area contributed by atoms with Crippen molar-refractivity contribution in [1.82, 2.24) is 10.2 Å². The molecule has 0 spiro atoms. The van der Waals surface area contributed by atoms with Crippen molar-refractivity contribution < 1.29 is 8.81 Å². The van der Waals surface area contributed by atoms with Crippen LogP contribution in [0, 0.1) is 5.82 Å². The van der Waals surface area contributed by atoms with Crippen molar-refractivity contribution in [1.29, 1.82) is 0 Å². The second-order valence-electron chi connectivity index (χ2n) is 4.99. The van der Waals surface area contributed by atoms with Crippen molar-refractivity contribution in [2.75, 3.05) is 19.6 Å². The maximum atomic E-state index is 13.1. The first-order chi connectivity index (χ1) is 8.70. The number of halogens is 2. The average molecular weight is 285 g/mol. The summed E-state index contributed by atoms with van der Waals surface area (Å²) in [4.78, 5) is 2.36. The fourth-order valence-corrected chi connectivity index (χ4v) is 2.52. The Morgan fingerprint density at radius 3 is 3.05 bits per heavy atom. The number of hydrogen-bond acceptors (Lipinski definition) is 3. The second kappa shape index (κ2) is 5.90. The molecule has 1 aliphatic heterocycles. The van der Waals surface area contributed by atoms with Crippen LogP contribution in [-0.4, -0.2) is 30.6 Å². The molecule has 3 nitrogen and oxygen atoms in total. The molecule has 1 atom stereocenters. The van der Waals surface area contributed by atoms with E-state index in [4.69, 9.17) is 4.42 Å². The number of benzene rings is 1. The first kappa shape index (κ1) is 14.3. The van der Waals surface area contributed by atoms with Crippen molar-refractivity contribution in [3.63, 3.8) is 0 Å². The number of rotatable bonds is 2. The van der Waals surface area contributed by atoms with Crippen LogP contribution >= 0.6 is 12.4 Å². The van der Waals surface area contributed by atoms with Gasteiger partial charge in [0.2, 0.25) is 0 Å². The smallest absolute Gasteiger partial charge is 0.134 e. The van der Waals surface area contributed by atoms with Crippen molar-refractivity contribution >= 4 is 23.4 Å². The average Bonchev–Trinajstić information content (AvgIpc) is 2.70. The molecule has 1 N–H and O–H groups in total. The lowest BCUT2D eigenvalue weighted by atomic mass is 10.2. The highest BCUT2D eigenvalue weighted by atomic mass is 35.5. The molecular weight excluding hydrogens is 267 g/mol. The normalized spacial score (nSPS) is 20.4. The van der Waals surface area contributed by atoms with Gasteiger partial charge in [-0.1, -0.05) is 0 Å². The van der Waals surface area contributed by atoms with E-state index in [0.29, 0.717) is 6.04 Å². The van der Waals surface area contributed by atoms with Crippen LogP contribution in [0.4, 0.5) is 4.39 Å². The molecule has 2 aromatic rings. The zero-order chi connectivity index (χ0) is 12.5. The highest BCUT2D eigenvalue weighted by molar-refractivity contribution is 5.85. The zero-order valence-electron chi connectivity index (χ0n) is 10.9. The van der Waals surface area contributed by atoms with Gasteiger partial charge in [-0.15, -0.1) is 12.4 Å². The standard InChI is InChI=1S/C14H17FN2O.ClH/c1-10-8-17(5-4-16-10)9-13-7-11-6-12(15)2-3-14(11)18-13;/h2-3,6-7,10,16H,4-5,8-9H2,1H3;1H/t10-;/m0./s1. The predicted octanol–water partition coefficient (Wildman–Crippen LogP) is 2.79. The highest BCUT2D eigenvalue weighted by Crippen LogP contribution is 2.21. The van der Waals surface area contributed by atoms with E-state index in [9.17, 15) is 4.39 Å². The monoisotopic (exact) mass is 284 g/mol. The number of furan rings is 1. The first-order valence-electron chi connectivity index (χ1n) is 6.34. The number of nitrogens with one attached hydrogen (secondary N) is 1. The van der Waals surface area contributed by atoms with E-state index in [0.717, 1.165) is 42.9 Å². The van der Waals surface area contributed by atoms with Gasteiger partial charge in [-0.3, -0.25) is 4.90 Å². The summed E-state index contributed by atoms with van der Waals surface area (Å²) in [5.74, 6) is 0.690. The van der Waals surface area contributed by atoms with Crippen LogP contribution in [0.2, 0.25) is 0 Å². The van der Waals surface area contributed by atoms with E-state index < -0.39 is 0 Å². The minimum absolute atomic E-state index is 0. The molecule has 5 heteroatoms. The Morgan fingerprint density at radius 1 is 1.42 bits per heavy atom. The number of hydrogen-bond donors (Lipinski definition) is 1. The lowest BCUT2D eigenvalue weighted by Gasteiger charge is -2.30. The molecule has 2 heterocycles. The summed E-state index contributed by atoms with van der Waals surface area (Å²) < 4.78 is 18.8. The number of nitrogens with zero attached hydrogens (tertiary/aromatic N) is 1. The molecule has 0 bridgehead atoms. The van der Waals surface area contributed by atoms with Gasteiger partial charge in [0.05, 0.1) is 6.54 Å². The number of fused-ring (bicyclic) bond motifs is 1. The highest BCUT2D eigenvalue weighted by Gasteiger charge is 2.17. The Bertz CT molecular complexity index is 557. The lowest BCUT2D eigenvalue weighted by molar-refractivity contribution is 0.188. The molecule has 0 unspecified atom stereocenters. The SMILES string of the molecule is C[C@H]1CN(Cc2cc3cc(F)ccc3o2)CCN1.Cl. The molecule has 1 aromatic carbocycles. The van der Waals surface area contributed by atoms with Gasteiger partial charge in [-0.05, 0) is 31.2 Å². The maximum absolute atomic E-state index is 13.1. The van der Waals surface area contributed by atoms with E-state index in [1.54, 1.807) is 6.07 Å². The van der Waals surface area contributed by atoms with E-state index in [2.05, 4.69) is 17.1 Å². The van der Waals surface area contributed by atoms with Crippen molar-refractivity contribution in [3.8, 4) is 0 Å². The molecule has 3 rings (SSSR count). The van der Waals surface area contributed by atoms with Gasteiger partial charge < -0.3 is 9.73 Å². The fraction of sp³-hybridized carbons (Fsp3) is 0.429. The van der Waals surface area contributed by atoms with Gasteiger partial charge in [0.25, 0.3) is 0 Å². The van der Waals surface area contributed by atoms with Crippen LogP contribution in [0.25, 0.3) is 11.0 Å². The Morgan fingerprint density at radius 2 is 2.26 bits per heavy atom. The van der Waals surface area contributed by atoms with Crippen LogP contribution in [0.5, 0.6) is 0 Å². The molecule has 0 saturated carbocycles. The van der Waals surface area contributed by atoms with E-state index >= 15 is 0 Å². The summed E-state index contributed by atoms with van der Waals surface area (Å²) in [5, 5.41) is 4.25. The predicted molar refractivity (Wildman–Crippen MR) is 76.2 cm³/mol. The molecule has 1 saturated heterocycles. The van der Waals surface area contributed by atoms with Gasteiger partial charge in [-0.25, -0.2) is 4.39 Å².